The van der Waals surface area contributed by atoms with Crippen molar-refractivity contribution in [2.24, 2.45) is 0 Å². The zero-order valence-corrected chi connectivity index (χ0v) is 8.82. The molecule has 0 aliphatic rings. The van der Waals surface area contributed by atoms with E-state index < -0.39 is 6.98 Å². The second-order valence-corrected chi connectivity index (χ2v) is 3.61. The Morgan fingerprint density at radius 2 is 1.50 bits per heavy atom. The summed E-state index contributed by atoms with van der Waals surface area (Å²) in [6.45, 7) is -2.57. The Balaban J connectivity index is 3.17. The van der Waals surface area contributed by atoms with Crippen LogP contribution in [-0.4, -0.2) is 6.98 Å². The van der Waals surface area contributed by atoms with E-state index in [-0.39, 0.29) is 0 Å². The van der Waals surface area contributed by atoms with Gasteiger partial charge in [-0.1, -0.05) is 39.0 Å². The lowest BCUT2D eigenvalue weighted by Gasteiger charge is -2.05. The molecule has 0 unspecified atom stereocenters. The first-order valence-electron chi connectivity index (χ1n) is 5.44. The Bertz CT molecular complexity index is 152. The molecule has 0 aromatic carbocycles. The smallest absolute Gasteiger partial charge is 0.445 e. The Morgan fingerprint density at radius 1 is 0.929 bits per heavy atom. The Labute approximate surface area is 84.6 Å². The van der Waals surface area contributed by atoms with Gasteiger partial charge in [0.2, 0.25) is 0 Å². The molecular formula is C10H19BF3-. The number of unbranched alkanes of at least 4 members (excludes halogenated alkanes) is 6. The van der Waals surface area contributed by atoms with E-state index in [0.29, 0.717) is 12.4 Å². The van der Waals surface area contributed by atoms with Gasteiger partial charge in [-0.25, -0.2) is 0 Å². The second-order valence-electron chi connectivity index (χ2n) is 3.61. The van der Waals surface area contributed by atoms with Gasteiger partial charge in [-0.2, -0.15) is 0 Å². The lowest BCUT2D eigenvalue weighted by Crippen LogP contribution is -2.09. The largest absolute Gasteiger partial charge is 0.502 e. The van der Waals surface area contributed by atoms with Crippen LogP contribution in [0.3, 0.4) is 0 Å². The fourth-order valence-corrected chi connectivity index (χ4v) is 1.29. The lowest BCUT2D eigenvalue weighted by molar-refractivity contribution is 0.498. The predicted molar refractivity (Wildman–Crippen MR) is 56.2 cm³/mol. The van der Waals surface area contributed by atoms with Crippen LogP contribution in [0.5, 0.6) is 0 Å². The highest BCUT2D eigenvalue weighted by molar-refractivity contribution is 6.64. The van der Waals surface area contributed by atoms with Gasteiger partial charge in [-0.05, 0) is 12.8 Å². The molecule has 0 aliphatic carbocycles. The lowest BCUT2D eigenvalue weighted by atomic mass is 9.91. The highest BCUT2D eigenvalue weighted by atomic mass is 19.4. The molecular weight excluding hydrogens is 188 g/mol. The summed E-state index contributed by atoms with van der Waals surface area (Å²) in [6, 6.07) is 0. The molecule has 0 fully saturated rings. The minimum atomic E-state index is -4.71. The van der Waals surface area contributed by atoms with Gasteiger partial charge in [0.25, 0.3) is 0 Å². The van der Waals surface area contributed by atoms with Gasteiger partial charge in [-0.3, -0.25) is 0 Å². The zero-order valence-electron chi connectivity index (χ0n) is 8.82. The third kappa shape index (κ3) is 11.6. The average Bonchev–Trinajstić information content (AvgIpc) is 2.08. The van der Waals surface area contributed by atoms with Crippen LogP contribution in [-0.2, 0) is 0 Å². The summed E-state index contributed by atoms with van der Waals surface area (Å²) in [5.41, 5.74) is 0. The molecule has 0 radical (unpaired) electrons. The molecule has 0 aliphatic heterocycles. The van der Waals surface area contributed by atoms with Crippen molar-refractivity contribution in [2.45, 2.75) is 51.9 Å². The first-order valence-corrected chi connectivity index (χ1v) is 5.44. The SMILES string of the molecule is CCCCCCCCC=C[B-](F)(F)F. The first kappa shape index (κ1) is 13.6. The Hall–Kier alpha value is -0.405. The van der Waals surface area contributed by atoms with Gasteiger partial charge in [0.1, 0.15) is 0 Å². The maximum atomic E-state index is 11.7. The minimum Gasteiger partial charge on any atom is -0.445 e. The summed E-state index contributed by atoms with van der Waals surface area (Å²) in [4.78, 5) is 0. The molecule has 14 heavy (non-hydrogen) atoms. The molecule has 0 saturated heterocycles. The molecule has 0 atom stereocenters. The molecule has 4 heteroatoms. The number of halogens is 3. The van der Waals surface area contributed by atoms with Crippen molar-refractivity contribution in [3.8, 4) is 0 Å². The van der Waals surface area contributed by atoms with Crippen LogP contribution >= 0.6 is 0 Å². The van der Waals surface area contributed by atoms with Crippen LogP contribution < -0.4 is 0 Å². The zero-order chi connectivity index (χ0) is 10.9. The van der Waals surface area contributed by atoms with Crippen molar-refractivity contribution in [3.05, 3.63) is 12.1 Å². The predicted octanol–water partition coefficient (Wildman–Crippen LogP) is 4.68. The van der Waals surface area contributed by atoms with E-state index in [9.17, 15) is 12.9 Å². The van der Waals surface area contributed by atoms with Crippen molar-refractivity contribution >= 4 is 6.98 Å². The molecule has 0 spiro atoms. The van der Waals surface area contributed by atoms with Crippen molar-refractivity contribution in [3.63, 3.8) is 0 Å². The quantitative estimate of drug-likeness (QED) is 0.400. The fourth-order valence-electron chi connectivity index (χ4n) is 1.29. The molecule has 0 amide bonds. The number of hydrogen-bond donors (Lipinski definition) is 0. The first-order chi connectivity index (χ1) is 6.56. The van der Waals surface area contributed by atoms with Crippen LogP contribution in [0, 0.1) is 0 Å². The van der Waals surface area contributed by atoms with Crippen LogP contribution in [0.2, 0.25) is 0 Å². The Kier molecular flexibility index (Phi) is 7.72. The van der Waals surface area contributed by atoms with Gasteiger partial charge in [-0.15, -0.1) is 12.1 Å². The second kappa shape index (κ2) is 7.95. The summed E-state index contributed by atoms with van der Waals surface area (Å²) >= 11 is 0. The standard InChI is InChI=1S/C10H19BF3/c1-2-3-4-5-6-7-8-9-10-11(12,13)14/h9-10H,2-8H2,1H3/q-1. The van der Waals surface area contributed by atoms with Crippen molar-refractivity contribution in [2.75, 3.05) is 0 Å². The third-order valence-electron chi connectivity index (χ3n) is 2.08. The molecule has 0 aromatic heterocycles. The van der Waals surface area contributed by atoms with Gasteiger partial charge < -0.3 is 12.9 Å². The summed E-state index contributed by atoms with van der Waals surface area (Å²) in [5, 5.41) is 0. The summed E-state index contributed by atoms with van der Waals surface area (Å²) in [7, 11) is 0. The highest BCUT2D eigenvalue weighted by Crippen LogP contribution is 2.11. The van der Waals surface area contributed by atoms with Crippen molar-refractivity contribution in [1.82, 2.24) is 0 Å². The van der Waals surface area contributed by atoms with Crippen LogP contribution in [0.25, 0.3) is 0 Å². The average molecular weight is 207 g/mol. The molecule has 0 bridgehead atoms. The molecule has 0 aromatic rings. The molecule has 0 N–H and O–H groups in total. The highest BCUT2D eigenvalue weighted by Gasteiger charge is 2.16. The maximum absolute atomic E-state index is 11.7. The molecule has 0 heterocycles. The fraction of sp³-hybridized carbons (Fsp3) is 0.800. The van der Waals surface area contributed by atoms with Gasteiger partial charge in [0.15, 0.2) is 0 Å². The monoisotopic (exact) mass is 207 g/mol. The maximum Gasteiger partial charge on any atom is 0.502 e. The van der Waals surface area contributed by atoms with Crippen molar-refractivity contribution < 1.29 is 12.9 Å². The van der Waals surface area contributed by atoms with E-state index in [1.165, 1.54) is 25.3 Å². The van der Waals surface area contributed by atoms with Gasteiger partial charge >= 0.3 is 6.98 Å². The van der Waals surface area contributed by atoms with E-state index in [0.717, 1.165) is 19.3 Å². The third-order valence-corrected chi connectivity index (χ3v) is 2.08. The van der Waals surface area contributed by atoms with E-state index in [1.807, 2.05) is 0 Å². The summed E-state index contributed by atoms with van der Waals surface area (Å²) < 4.78 is 35.1. The molecule has 0 rings (SSSR count). The van der Waals surface area contributed by atoms with E-state index in [2.05, 4.69) is 6.92 Å². The van der Waals surface area contributed by atoms with Gasteiger partial charge in [0, 0.05) is 0 Å². The van der Waals surface area contributed by atoms with Crippen molar-refractivity contribution in [1.29, 1.82) is 0 Å². The van der Waals surface area contributed by atoms with Crippen LogP contribution in [0.15, 0.2) is 12.1 Å². The van der Waals surface area contributed by atoms with Crippen LogP contribution in [0.4, 0.5) is 12.9 Å². The van der Waals surface area contributed by atoms with E-state index in [4.69, 9.17) is 0 Å². The summed E-state index contributed by atoms with van der Waals surface area (Å²) in [6.07, 6.45) is 8.55. The van der Waals surface area contributed by atoms with Crippen LogP contribution in [0.1, 0.15) is 51.9 Å². The minimum absolute atomic E-state index is 0.395. The topological polar surface area (TPSA) is 0 Å². The molecule has 0 saturated carbocycles. The molecule has 84 valence electrons. The van der Waals surface area contributed by atoms with Gasteiger partial charge in [0.05, 0.1) is 0 Å². The molecule has 0 nitrogen and oxygen atoms in total. The Morgan fingerprint density at radius 3 is 2.07 bits per heavy atom. The van der Waals surface area contributed by atoms with E-state index in [1.54, 1.807) is 0 Å². The number of rotatable bonds is 8. The number of hydrogen-bond acceptors (Lipinski definition) is 0. The van der Waals surface area contributed by atoms with E-state index >= 15 is 0 Å². The number of allylic oxidation sites excluding steroid dienone is 1. The summed E-state index contributed by atoms with van der Waals surface area (Å²) in [5.74, 6) is 0.395. The normalized spacial score (nSPS) is 12.6.